The molecule has 1 radical (unpaired) electrons. The Morgan fingerprint density at radius 3 is 0.833 bits per heavy atom. The minimum atomic E-state index is -0.886. The Hall–Kier alpha value is 0.276. The maximum atomic E-state index is 4.46. The van der Waals surface area contributed by atoms with Crippen LogP contribution in [0.3, 0.4) is 0 Å². The Bertz CT molecular complexity index is 860. The average Bonchev–Trinajstić information content (AvgIpc) is 3.72. The minimum absolute atomic E-state index is 0. The summed E-state index contributed by atoms with van der Waals surface area (Å²) in [6, 6.07) is 0. The number of hydrogen-bond donors (Lipinski definition) is 6. The fourth-order valence-electron chi connectivity index (χ4n) is 12.8. The average molecular weight is 639 g/mol. The summed E-state index contributed by atoms with van der Waals surface area (Å²) in [7, 11) is 0. The van der Waals surface area contributed by atoms with E-state index in [2.05, 4.69) is 39.1 Å². The molecule has 16 atom stereocenters. The van der Waals surface area contributed by atoms with Gasteiger partial charge in [-0.15, -0.1) is 0 Å². The van der Waals surface area contributed by atoms with E-state index in [0.717, 1.165) is 47.3 Å². The fraction of sp³-hybridized carbons (Fsp3) is 1.00. The van der Waals surface area contributed by atoms with Crippen LogP contribution in [0.5, 0.6) is 0 Å². The van der Waals surface area contributed by atoms with Gasteiger partial charge in [0.2, 0.25) is 0 Å². The van der Waals surface area contributed by atoms with Crippen molar-refractivity contribution in [2.75, 3.05) is 0 Å². The van der Waals surface area contributed by atoms with E-state index >= 15 is 0 Å². The Balaban J connectivity index is 0.00000250. The van der Waals surface area contributed by atoms with E-state index in [1.807, 2.05) is 0 Å². The van der Waals surface area contributed by atoms with Gasteiger partial charge in [0.05, 0.1) is 0 Å². The van der Waals surface area contributed by atoms with Gasteiger partial charge in [-0.2, -0.15) is 0 Å². The van der Waals surface area contributed by atoms with Crippen molar-refractivity contribution in [1.82, 2.24) is 39.1 Å². The third-order valence-electron chi connectivity index (χ3n) is 14.5. The quantitative estimate of drug-likeness (QED) is 0.223. The van der Waals surface area contributed by atoms with Crippen LogP contribution in [0.1, 0.15) is 103 Å². The van der Waals surface area contributed by atoms with Crippen LogP contribution in [0.25, 0.3) is 0 Å². The van der Waals surface area contributed by atoms with Crippen molar-refractivity contribution in [2.24, 2.45) is 47.3 Å². The first-order valence-corrected chi connectivity index (χ1v) is 20.4. The van der Waals surface area contributed by atoms with E-state index in [4.69, 9.17) is 0 Å². The monoisotopic (exact) mass is 637 g/mol. The first kappa shape index (κ1) is 28.5. The minimum Gasteiger partial charge on any atom is -0.412 e. The molecular formula is C32H56GaN8O. The normalized spacial score (nSPS) is 56.7. The molecule has 6 aliphatic heterocycles. The van der Waals surface area contributed by atoms with Crippen LogP contribution in [0.2, 0.25) is 0 Å². The summed E-state index contributed by atoms with van der Waals surface area (Å²) in [5.74, 6) is 6.41. The molecule has 0 aromatic carbocycles. The second-order valence-electron chi connectivity index (χ2n) is 16.1. The van der Waals surface area contributed by atoms with Crippen molar-refractivity contribution in [3.05, 3.63) is 0 Å². The van der Waals surface area contributed by atoms with Crippen molar-refractivity contribution in [3.8, 4) is 0 Å². The van der Waals surface area contributed by atoms with Crippen LogP contribution >= 0.6 is 0 Å². The molecule has 0 amide bonds. The molecule has 10 heteroatoms. The molecule has 10 rings (SSSR count). The van der Waals surface area contributed by atoms with Crippen LogP contribution in [-0.2, 0) is 0 Å². The smallest absolute Gasteiger partial charge is 0.412 e. The van der Waals surface area contributed by atoms with Crippen molar-refractivity contribution in [2.45, 2.75) is 152 Å². The molecule has 0 spiro atoms. The zero-order valence-corrected chi connectivity index (χ0v) is 27.9. The third kappa shape index (κ3) is 4.29. The zero-order chi connectivity index (χ0) is 26.7. The molecule has 6 saturated heterocycles. The van der Waals surface area contributed by atoms with Crippen molar-refractivity contribution < 1.29 is 5.48 Å². The van der Waals surface area contributed by atoms with Gasteiger partial charge < -0.3 is 5.48 Å². The van der Waals surface area contributed by atoms with E-state index < -0.39 is 17.9 Å². The largest absolute Gasteiger partial charge is 0.412 e. The first-order valence-electron chi connectivity index (χ1n) is 18.3. The summed E-state index contributed by atoms with van der Waals surface area (Å²) in [5.41, 5.74) is 0. The predicted octanol–water partition coefficient (Wildman–Crippen LogP) is 1.75. The molecule has 0 aromatic rings. The van der Waals surface area contributed by atoms with Crippen LogP contribution in [0.4, 0.5) is 0 Å². The van der Waals surface area contributed by atoms with E-state index in [9.17, 15) is 0 Å². The summed E-state index contributed by atoms with van der Waals surface area (Å²) in [4.78, 5) is 0. The molecular weight excluding hydrogens is 582 g/mol. The SMILES string of the molecule is C1CCC2C3NC(NC4C5CCCCC5C5NC6NC(NC7C8CCCCC8C(N3)[N]7[Ga][N]45)C3CCCCC63)C2C1.O. The maximum absolute atomic E-state index is 4.46. The fourth-order valence-corrected chi connectivity index (χ4v) is 17.2. The Morgan fingerprint density at radius 2 is 0.571 bits per heavy atom. The Labute approximate surface area is 261 Å². The molecule has 9 nitrogen and oxygen atoms in total. The van der Waals surface area contributed by atoms with Gasteiger partial charge in [-0.1, -0.05) is 0 Å². The molecule has 233 valence electrons. The first-order chi connectivity index (χ1) is 20.3. The van der Waals surface area contributed by atoms with E-state index in [0.29, 0.717) is 49.3 Å². The molecule has 6 heterocycles. The van der Waals surface area contributed by atoms with Gasteiger partial charge in [0.15, 0.2) is 0 Å². The van der Waals surface area contributed by atoms with E-state index in [1.165, 1.54) is 103 Å². The van der Waals surface area contributed by atoms with Crippen LogP contribution in [0, 0.1) is 47.3 Å². The molecule has 4 saturated carbocycles. The summed E-state index contributed by atoms with van der Waals surface area (Å²) in [6.45, 7) is 0. The zero-order valence-electron chi connectivity index (χ0n) is 25.5. The van der Waals surface area contributed by atoms with Gasteiger partial charge in [-0.3, -0.25) is 0 Å². The molecule has 10 fully saturated rings. The number of hydrogen-bond acceptors (Lipinski definition) is 8. The summed E-state index contributed by atoms with van der Waals surface area (Å²) < 4.78 is 6.31. The van der Waals surface area contributed by atoms with Crippen LogP contribution in [0.15, 0.2) is 0 Å². The second-order valence-corrected chi connectivity index (χ2v) is 19.1. The molecule has 8 N–H and O–H groups in total. The number of fused-ring (bicyclic) bond motifs is 16. The van der Waals surface area contributed by atoms with Crippen molar-refractivity contribution in [1.29, 1.82) is 0 Å². The van der Waals surface area contributed by atoms with Gasteiger partial charge >= 0.3 is 256 Å². The van der Waals surface area contributed by atoms with Crippen LogP contribution < -0.4 is 31.9 Å². The van der Waals surface area contributed by atoms with Gasteiger partial charge in [0.25, 0.3) is 0 Å². The Kier molecular flexibility index (Phi) is 7.61. The third-order valence-corrected chi connectivity index (χ3v) is 18.3. The number of rotatable bonds is 0. The van der Waals surface area contributed by atoms with Gasteiger partial charge in [-0.05, 0) is 0 Å². The van der Waals surface area contributed by atoms with Crippen molar-refractivity contribution >= 4 is 17.9 Å². The summed E-state index contributed by atoms with van der Waals surface area (Å²) in [5, 5.41) is 26.4. The number of nitrogens with one attached hydrogen (secondary N) is 6. The van der Waals surface area contributed by atoms with Gasteiger partial charge in [0.1, 0.15) is 0 Å². The number of nitrogens with zero attached hydrogens (tertiary/aromatic N) is 2. The molecule has 6 bridgehead atoms. The van der Waals surface area contributed by atoms with E-state index in [1.54, 1.807) is 0 Å². The topological polar surface area (TPSA) is 110 Å². The second kappa shape index (κ2) is 11.2. The maximum Gasteiger partial charge on any atom is -0.412 e. The summed E-state index contributed by atoms with van der Waals surface area (Å²) >= 11 is -0.886. The molecule has 16 unspecified atom stereocenters. The van der Waals surface area contributed by atoms with Gasteiger partial charge in [-0.25, -0.2) is 0 Å². The molecule has 0 aromatic heterocycles. The van der Waals surface area contributed by atoms with Crippen molar-refractivity contribution in [3.63, 3.8) is 0 Å². The molecule has 4 aliphatic carbocycles. The van der Waals surface area contributed by atoms with Gasteiger partial charge in [0, 0.05) is 0 Å². The van der Waals surface area contributed by atoms with E-state index in [-0.39, 0.29) is 5.48 Å². The Morgan fingerprint density at radius 1 is 0.333 bits per heavy atom. The standard InChI is InChI=1S/C32H54N8.Ga.H2O/c1-2-10-18-17(9-1)25-33-26(18)38-28-21-13-5-6-14-22(21)30(35-28)40-32-24-16-8-7-15-23(24)31(36-32)39-29-20-12-4-3-11-19(20)27(34-29)37-25;;/h17-33,36-40H,1-16H2;;1H2/q-2;+2;. The molecule has 10 aliphatic rings. The predicted molar refractivity (Wildman–Crippen MR) is 164 cm³/mol. The summed E-state index contributed by atoms with van der Waals surface area (Å²) in [6.07, 6.45) is 27.0. The molecule has 42 heavy (non-hydrogen) atoms. The van der Waals surface area contributed by atoms with Crippen LogP contribution in [-0.4, -0.2) is 79.9 Å².